The van der Waals surface area contributed by atoms with E-state index in [0.717, 1.165) is 18.2 Å². The van der Waals surface area contributed by atoms with Crippen molar-refractivity contribution in [2.45, 2.75) is 13.3 Å². The summed E-state index contributed by atoms with van der Waals surface area (Å²) in [5.74, 6) is -2.73. The maximum absolute atomic E-state index is 13.3. The van der Waals surface area contributed by atoms with Gasteiger partial charge in [0.1, 0.15) is 0 Å². The Morgan fingerprint density at radius 1 is 1.37 bits per heavy atom. The molecule has 1 aromatic rings. The lowest BCUT2D eigenvalue weighted by Gasteiger charge is -2.09. The predicted molar refractivity (Wildman–Crippen MR) is 58.8 cm³/mol. The topological polar surface area (TPSA) is 35.5 Å². The van der Waals surface area contributed by atoms with Crippen LogP contribution >= 0.6 is 0 Å². The fourth-order valence-corrected chi connectivity index (χ4v) is 1.18. The number of esters is 1. The fourth-order valence-electron chi connectivity index (χ4n) is 1.18. The van der Waals surface area contributed by atoms with Crippen molar-refractivity contribution < 1.29 is 31.8 Å². The van der Waals surface area contributed by atoms with Crippen molar-refractivity contribution in [3.8, 4) is 5.75 Å². The Labute approximate surface area is 106 Å². The third-order valence-electron chi connectivity index (χ3n) is 1.88. The van der Waals surface area contributed by atoms with E-state index in [0.29, 0.717) is 0 Å². The van der Waals surface area contributed by atoms with Gasteiger partial charge < -0.3 is 9.47 Å². The highest BCUT2D eigenvalue weighted by molar-refractivity contribution is 5.87. The molecule has 1 aromatic carbocycles. The summed E-state index contributed by atoms with van der Waals surface area (Å²) in [6.07, 6.45) is -2.69. The maximum Gasteiger partial charge on any atom is 0.573 e. The van der Waals surface area contributed by atoms with Gasteiger partial charge in [-0.1, -0.05) is 6.07 Å². The Hall–Kier alpha value is -2.05. The van der Waals surface area contributed by atoms with Gasteiger partial charge in [0.15, 0.2) is 11.6 Å². The van der Waals surface area contributed by atoms with Crippen LogP contribution in [-0.4, -0.2) is 18.9 Å². The van der Waals surface area contributed by atoms with Gasteiger partial charge in [0.25, 0.3) is 0 Å². The molecule has 0 saturated carbocycles. The lowest BCUT2D eigenvalue weighted by Crippen LogP contribution is -2.17. The summed E-state index contributed by atoms with van der Waals surface area (Å²) in [6.45, 7) is 1.81. The van der Waals surface area contributed by atoms with Crippen LogP contribution in [-0.2, 0) is 9.53 Å². The third-order valence-corrected chi connectivity index (χ3v) is 1.88. The highest BCUT2D eigenvalue weighted by Gasteiger charge is 2.32. The Balaban J connectivity index is 2.80. The molecule has 0 unspecified atom stereocenters. The van der Waals surface area contributed by atoms with Crippen molar-refractivity contribution in [1.82, 2.24) is 0 Å². The van der Waals surface area contributed by atoms with E-state index in [9.17, 15) is 22.4 Å². The van der Waals surface area contributed by atoms with Crippen LogP contribution in [0.3, 0.4) is 0 Å². The average Bonchev–Trinajstić information content (AvgIpc) is 2.28. The van der Waals surface area contributed by atoms with Crippen LogP contribution in [0.15, 0.2) is 24.3 Å². The number of carbonyl (C=O) groups is 1. The predicted octanol–water partition coefficient (Wildman–Crippen LogP) is 3.30. The number of hydrogen-bond acceptors (Lipinski definition) is 3. The van der Waals surface area contributed by atoms with Crippen molar-refractivity contribution in [3.05, 3.63) is 35.7 Å². The Morgan fingerprint density at radius 3 is 2.58 bits per heavy atom. The summed E-state index contributed by atoms with van der Waals surface area (Å²) < 4.78 is 57.0. The Morgan fingerprint density at radius 2 is 2.05 bits per heavy atom. The van der Waals surface area contributed by atoms with E-state index in [1.807, 2.05) is 0 Å². The van der Waals surface area contributed by atoms with E-state index < -0.39 is 23.9 Å². The molecule has 19 heavy (non-hydrogen) atoms. The highest BCUT2D eigenvalue weighted by Crippen LogP contribution is 2.26. The van der Waals surface area contributed by atoms with Crippen molar-refractivity contribution in [3.63, 3.8) is 0 Å². The zero-order chi connectivity index (χ0) is 14.5. The van der Waals surface area contributed by atoms with Crippen LogP contribution in [0.1, 0.15) is 12.5 Å². The highest BCUT2D eigenvalue weighted by atomic mass is 19.4. The molecular formula is C12H10F4O3. The minimum Gasteiger partial charge on any atom is -0.463 e. The normalized spacial score (nSPS) is 11.6. The molecular weight excluding hydrogens is 268 g/mol. The second kappa shape index (κ2) is 6.21. The number of alkyl halides is 3. The molecule has 0 fully saturated rings. The zero-order valence-electron chi connectivity index (χ0n) is 9.83. The molecule has 0 aromatic heterocycles. The molecule has 0 aliphatic carbocycles. The summed E-state index contributed by atoms with van der Waals surface area (Å²) in [6, 6.07) is 2.82. The molecule has 0 amide bonds. The fraction of sp³-hybridized carbons (Fsp3) is 0.250. The molecule has 0 heterocycles. The molecule has 1 rings (SSSR count). The molecule has 0 N–H and O–H groups in total. The van der Waals surface area contributed by atoms with Gasteiger partial charge in [-0.05, 0) is 30.7 Å². The largest absolute Gasteiger partial charge is 0.573 e. The first kappa shape index (κ1) is 15.0. The van der Waals surface area contributed by atoms with Crippen molar-refractivity contribution in [2.24, 2.45) is 0 Å². The summed E-state index contributed by atoms with van der Waals surface area (Å²) in [7, 11) is 0. The molecule has 0 aliphatic heterocycles. The minimum atomic E-state index is -4.96. The first-order valence-electron chi connectivity index (χ1n) is 5.22. The van der Waals surface area contributed by atoms with Crippen LogP contribution in [0.2, 0.25) is 0 Å². The van der Waals surface area contributed by atoms with Crippen molar-refractivity contribution in [1.29, 1.82) is 0 Å². The summed E-state index contributed by atoms with van der Waals surface area (Å²) >= 11 is 0. The minimum absolute atomic E-state index is 0.190. The number of rotatable bonds is 4. The van der Waals surface area contributed by atoms with E-state index in [1.54, 1.807) is 6.92 Å². The average molecular weight is 278 g/mol. The molecule has 0 spiro atoms. The van der Waals surface area contributed by atoms with Gasteiger partial charge in [0.05, 0.1) is 6.61 Å². The van der Waals surface area contributed by atoms with Gasteiger partial charge in [-0.25, -0.2) is 9.18 Å². The van der Waals surface area contributed by atoms with E-state index in [-0.39, 0.29) is 12.2 Å². The van der Waals surface area contributed by atoms with Crippen LogP contribution in [0.25, 0.3) is 6.08 Å². The lowest BCUT2D eigenvalue weighted by molar-refractivity contribution is -0.275. The van der Waals surface area contributed by atoms with E-state index in [1.165, 1.54) is 12.1 Å². The van der Waals surface area contributed by atoms with Crippen LogP contribution < -0.4 is 4.74 Å². The van der Waals surface area contributed by atoms with Gasteiger partial charge in [0.2, 0.25) is 0 Å². The van der Waals surface area contributed by atoms with Crippen molar-refractivity contribution in [2.75, 3.05) is 6.61 Å². The standard InChI is InChI=1S/C12H10F4O3/c1-2-18-11(17)6-4-8-3-5-10(9(13)7-8)19-12(14,15)16/h3-7H,2H2,1H3. The van der Waals surface area contributed by atoms with Gasteiger partial charge in [-0.3, -0.25) is 0 Å². The summed E-state index contributed by atoms with van der Waals surface area (Å²) in [5.41, 5.74) is 0.208. The first-order chi connectivity index (χ1) is 8.81. The van der Waals surface area contributed by atoms with Crippen molar-refractivity contribution >= 4 is 12.0 Å². The zero-order valence-corrected chi connectivity index (χ0v) is 9.83. The van der Waals surface area contributed by atoms with Gasteiger partial charge in [0, 0.05) is 6.08 Å². The third kappa shape index (κ3) is 5.41. The molecule has 0 bridgehead atoms. The van der Waals surface area contributed by atoms with Gasteiger partial charge in [-0.15, -0.1) is 13.2 Å². The maximum atomic E-state index is 13.3. The van der Waals surface area contributed by atoms with E-state index in [4.69, 9.17) is 0 Å². The first-order valence-corrected chi connectivity index (χ1v) is 5.22. The molecule has 0 aliphatic rings. The van der Waals surface area contributed by atoms with Crippen LogP contribution in [0.5, 0.6) is 5.75 Å². The molecule has 0 saturated heterocycles. The van der Waals surface area contributed by atoms with E-state index in [2.05, 4.69) is 9.47 Å². The lowest BCUT2D eigenvalue weighted by atomic mass is 10.2. The Kier molecular flexibility index (Phi) is 4.91. The van der Waals surface area contributed by atoms with E-state index >= 15 is 0 Å². The molecule has 0 radical (unpaired) electrons. The Bertz CT molecular complexity index is 480. The van der Waals surface area contributed by atoms with Gasteiger partial charge >= 0.3 is 12.3 Å². The van der Waals surface area contributed by atoms with Gasteiger partial charge in [-0.2, -0.15) is 0 Å². The number of benzene rings is 1. The van der Waals surface area contributed by atoms with Crippen LogP contribution in [0, 0.1) is 5.82 Å². The molecule has 104 valence electrons. The molecule has 0 atom stereocenters. The quantitative estimate of drug-likeness (QED) is 0.481. The number of carbonyl (C=O) groups excluding carboxylic acids is 1. The smallest absolute Gasteiger partial charge is 0.463 e. The second-order valence-electron chi connectivity index (χ2n) is 3.32. The number of halogens is 4. The molecule has 7 heteroatoms. The summed E-state index contributed by atoms with van der Waals surface area (Å²) in [4.78, 5) is 11.0. The number of ether oxygens (including phenoxy) is 2. The monoisotopic (exact) mass is 278 g/mol. The summed E-state index contributed by atoms with van der Waals surface area (Å²) in [5, 5.41) is 0. The molecule has 3 nitrogen and oxygen atoms in total. The second-order valence-corrected chi connectivity index (χ2v) is 3.32. The van der Waals surface area contributed by atoms with Crippen LogP contribution in [0.4, 0.5) is 17.6 Å². The number of hydrogen-bond donors (Lipinski definition) is 0. The SMILES string of the molecule is CCOC(=O)C=Cc1ccc(OC(F)(F)F)c(F)c1.